The number of aromatic nitrogens is 2. The Balaban J connectivity index is 1.22. The molecular weight excluding hydrogens is 582 g/mol. The molecule has 8 nitrogen and oxygen atoms in total. The van der Waals surface area contributed by atoms with E-state index in [9.17, 15) is 8.42 Å². The van der Waals surface area contributed by atoms with Gasteiger partial charge in [-0.1, -0.05) is 41.6 Å². The van der Waals surface area contributed by atoms with Crippen molar-refractivity contribution in [3.63, 3.8) is 0 Å². The molecule has 1 aliphatic carbocycles. The molecule has 2 aliphatic heterocycles. The lowest BCUT2D eigenvalue weighted by atomic mass is 10.0. The SMILES string of the molecule is CS(=O)(=O)N1CCc2c(c(-c3ccc(Cl)c(C#Cc4ccc(CNCC5CC5)cc4)c3)nn2CCCN2CCOCC2)C1. The Kier molecular flexibility index (Phi) is 9.53. The molecule has 2 aromatic carbocycles. The number of morpholine rings is 1. The Morgan fingerprint density at radius 2 is 1.84 bits per heavy atom. The summed E-state index contributed by atoms with van der Waals surface area (Å²) in [6.07, 6.45) is 5.58. The van der Waals surface area contributed by atoms with E-state index < -0.39 is 10.0 Å². The molecule has 43 heavy (non-hydrogen) atoms. The van der Waals surface area contributed by atoms with Crippen LogP contribution in [0.15, 0.2) is 42.5 Å². The van der Waals surface area contributed by atoms with Gasteiger partial charge in [0.1, 0.15) is 0 Å². The molecule has 2 fully saturated rings. The Morgan fingerprint density at radius 1 is 1.05 bits per heavy atom. The molecule has 228 valence electrons. The van der Waals surface area contributed by atoms with Crippen LogP contribution < -0.4 is 5.32 Å². The monoisotopic (exact) mass is 621 g/mol. The first-order valence-corrected chi connectivity index (χ1v) is 17.5. The fourth-order valence-corrected chi connectivity index (χ4v) is 6.74. The van der Waals surface area contributed by atoms with Crippen molar-refractivity contribution < 1.29 is 13.2 Å². The van der Waals surface area contributed by atoms with Crippen LogP contribution in [0.1, 0.15) is 47.2 Å². The van der Waals surface area contributed by atoms with E-state index in [-0.39, 0.29) is 0 Å². The molecule has 1 saturated heterocycles. The molecule has 0 radical (unpaired) electrons. The van der Waals surface area contributed by atoms with Crippen molar-refractivity contribution >= 4 is 21.6 Å². The summed E-state index contributed by atoms with van der Waals surface area (Å²) in [6.45, 7) is 8.01. The highest BCUT2D eigenvalue weighted by atomic mass is 35.5. The summed E-state index contributed by atoms with van der Waals surface area (Å²) in [6, 6.07) is 14.1. The number of fused-ring (bicyclic) bond motifs is 1. The molecule has 0 atom stereocenters. The van der Waals surface area contributed by atoms with E-state index >= 15 is 0 Å². The fraction of sp³-hybridized carbons (Fsp3) is 0.485. The van der Waals surface area contributed by atoms with Gasteiger partial charge in [0.25, 0.3) is 0 Å². The molecule has 6 rings (SSSR count). The van der Waals surface area contributed by atoms with Crippen molar-refractivity contribution in [1.82, 2.24) is 24.3 Å². The molecule has 3 aliphatic rings. The van der Waals surface area contributed by atoms with E-state index in [1.54, 1.807) is 4.31 Å². The topological polar surface area (TPSA) is 79.7 Å². The van der Waals surface area contributed by atoms with Crippen LogP contribution in [-0.4, -0.2) is 79.6 Å². The lowest BCUT2D eigenvalue weighted by Gasteiger charge is -2.27. The zero-order valence-electron chi connectivity index (χ0n) is 24.8. The van der Waals surface area contributed by atoms with Crippen LogP contribution in [-0.2, 0) is 40.8 Å². The number of nitrogens with one attached hydrogen (secondary N) is 1. The summed E-state index contributed by atoms with van der Waals surface area (Å²) >= 11 is 6.60. The third-order valence-corrected chi connectivity index (χ3v) is 10.1. The van der Waals surface area contributed by atoms with E-state index in [1.807, 2.05) is 30.3 Å². The van der Waals surface area contributed by atoms with Crippen molar-refractivity contribution in [2.75, 3.05) is 52.2 Å². The average molecular weight is 622 g/mol. The summed E-state index contributed by atoms with van der Waals surface area (Å²) in [5, 5.41) is 9.16. The van der Waals surface area contributed by atoms with Gasteiger partial charge in [-0.25, -0.2) is 8.42 Å². The molecule has 1 saturated carbocycles. The third kappa shape index (κ3) is 7.88. The number of benzene rings is 2. The van der Waals surface area contributed by atoms with Crippen LogP contribution in [0.4, 0.5) is 0 Å². The average Bonchev–Trinajstić information content (AvgIpc) is 3.77. The normalized spacial score (nSPS) is 17.8. The maximum absolute atomic E-state index is 12.5. The van der Waals surface area contributed by atoms with Crippen LogP contribution >= 0.6 is 11.6 Å². The van der Waals surface area contributed by atoms with Crippen LogP contribution in [0.3, 0.4) is 0 Å². The molecule has 0 unspecified atom stereocenters. The zero-order chi connectivity index (χ0) is 29.8. The standard InChI is InChI=1S/C33H40ClN5O3S/c1-43(40,41)38-16-13-32-30(24-38)33(36-39(32)15-2-14-37-17-19-42-20-18-37)29-11-12-31(34)28(21-29)10-9-25-3-5-26(6-4-25)22-35-23-27-7-8-27/h3-6,11-12,21,27,35H,2,7-8,13-20,22-24H2,1H3. The van der Waals surface area contributed by atoms with Gasteiger partial charge in [-0.3, -0.25) is 9.58 Å². The van der Waals surface area contributed by atoms with Gasteiger partial charge in [0, 0.05) is 80.2 Å². The molecule has 10 heteroatoms. The van der Waals surface area contributed by atoms with Crippen LogP contribution in [0.2, 0.25) is 5.02 Å². The van der Waals surface area contributed by atoms with Gasteiger partial charge in [-0.15, -0.1) is 0 Å². The van der Waals surface area contributed by atoms with Gasteiger partial charge in [0.2, 0.25) is 10.0 Å². The van der Waals surface area contributed by atoms with Crippen molar-refractivity contribution in [2.24, 2.45) is 5.92 Å². The lowest BCUT2D eigenvalue weighted by Crippen LogP contribution is -2.37. The Bertz CT molecular complexity index is 1600. The number of aryl methyl sites for hydroxylation is 1. The van der Waals surface area contributed by atoms with Crippen molar-refractivity contribution in [3.8, 4) is 23.1 Å². The predicted molar refractivity (Wildman–Crippen MR) is 170 cm³/mol. The summed E-state index contributed by atoms with van der Waals surface area (Å²) in [5.41, 5.74) is 6.68. The van der Waals surface area contributed by atoms with Crippen LogP contribution in [0.5, 0.6) is 0 Å². The number of hydrogen-bond donors (Lipinski definition) is 1. The zero-order valence-corrected chi connectivity index (χ0v) is 26.4. The van der Waals surface area contributed by atoms with Crippen molar-refractivity contribution in [2.45, 2.75) is 45.3 Å². The highest BCUT2D eigenvalue weighted by Crippen LogP contribution is 2.33. The second kappa shape index (κ2) is 13.5. The first-order chi connectivity index (χ1) is 20.8. The van der Waals surface area contributed by atoms with Gasteiger partial charge in [-0.05, 0) is 61.6 Å². The van der Waals surface area contributed by atoms with E-state index in [0.717, 1.165) is 98.5 Å². The van der Waals surface area contributed by atoms with E-state index in [1.165, 1.54) is 24.7 Å². The Labute approximate surface area is 260 Å². The highest BCUT2D eigenvalue weighted by Gasteiger charge is 2.30. The van der Waals surface area contributed by atoms with E-state index in [0.29, 0.717) is 24.5 Å². The predicted octanol–water partition coefficient (Wildman–Crippen LogP) is 4.14. The number of rotatable bonds is 10. The number of halogens is 1. The van der Waals surface area contributed by atoms with Gasteiger partial charge < -0.3 is 10.1 Å². The highest BCUT2D eigenvalue weighted by molar-refractivity contribution is 7.88. The van der Waals surface area contributed by atoms with Gasteiger partial charge in [-0.2, -0.15) is 9.40 Å². The van der Waals surface area contributed by atoms with Crippen molar-refractivity contribution in [1.29, 1.82) is 0 Å². The molecule has 0 spiro atoms. The second-order valence-electron chi connectivity index (χ2n) is 11.9. The summed E-state index contributed by atoms with van der Waals surface area (Å²) < 4.78 is 34.0. The Morgan fingerprint density at radius 3 is 2.58 bits per heavy atom. The quantitative estimate of drug-likeness (QED) is 0.343. The number of hydrogen-bond acceptors (Lipinski definition) is 6. The van der Waals surface area contributed by atoms with Crippen LogP contribution in [0.25, 0.3) is 11.3 Å². The lowest BCUT2D eigenvalue weighted by molar-refractivity contribution is 0.0368. The second-order valence-corrected chi connectivity index (χ2v) is 14.3. The number of nitrogens with zero attached hydrogens (tertiary/aromatic N) is 4. The van der Waals surface area contributed by atoms with E-state index in [4.69, 9.17) is 21.4 Å². The Hall–Kier alpha value is -2.71. The maximum atomic E-state index is 12.5. The summed E-state index contributed by atoms with van der Waals surface area (Å²) in [4.78, 5) is 2.43. The van der Waals surface area contributed by atoms with E-state index in [2.05, 4.69) is 38.9 Å². The minimum atomic E-state index is -3.32. The third-order valence-electron chi connectivity index (χ3n) is 8.51. The molecule has 3 aromatic rings. The largest absolute Gasteiger partial charge is 0.379 e. The fourth-order valence-electron chi connectivity index (χ4n) is 5.79. The molecule has 1 aromatic heterocycles. The van der Waals surface area contributed by atoms with Gasteiger partial charge >= 0.3 is 0 Å². The number of sulfonamides is 1. The minimum Gasteiger partial charge on any atom is -0.379 e. The first-order valence-electron chi connectivity index (χ1n) is 15.3. The smallest absolute Gasteiger partial charge is 0.211 e. The molecular formula is C33H40ClN5O3S. The summed E-state index contributed by atoms with van der Waals surface area (Å²) in [7, 11) is -3.32. The summed E-state index contributed by atoms with van der Waals surface area (Å²) in [5.74, 6) is 7.39. The molecule has 3 heterocycles. The van der Waals surface area contributed by atoms with Crippen molar-refractivity contribution in [3.05, 3.63) is 75.4 Å². The van der Waals surface area contributed by atoms with Crippen LogP contribution in [0, 0.1) is 17.8 Å². The molecule has 1 N–H and O–H groups in total. The number of ether oxygens (including phenoxy) is 1. The minimum absolute atomic E-state index is 0.318. The molecule has 0 bridgehead atoms. The first kappa shape index (κ1) is 30.3. The molecule has 0 amide bonds. The maximum Gasteiger partial charge on any atom is 0.211 e. The van der Waals surface area contributed by atoms with Gasteiger partial charge in [0.05, 0.1) is 30.2 Å². The van der Waals surface area contributed by atoms with Gasteiger partial charge in [0.15, 0.2) is 0 Å².